The van der Waals surface area contributed by atoms with E-state index in [-0.39, 0.29) is 0 Å². The quantitative estimate of drug-likeness (QED) is 0.605. The molecule has 2 aromatic rings. The van der Waals surface area contributed by atoms with Gasteiger partial charge in [0.05, 0.1) is 5.52 Å². The van der Waals surface area contributed by atoms with Gasteiger partial charge in [0.25, 0.3) is 0 Å². The fourth-order valence-corrected chi connectivity index (χ4v) is 4.90. The Bertz CT molecular complexity index is 784. The second kappa shape index (κ2) is 11.3. The number of benzene rings is 1. The number of nitrogens with one attached hydrogen (secondary N) is 1. The van der Waals surface area contributed by atoms with Crippen LogP contribution in [-0.2, 0) is 0 Å². The van der Waals surface area contributed by atoms with Crippen molar-refractivity contribution in [2.75, 3.05) is 70.8 Å². The van der Waals surface area contributed by atoms with E-state index in [9.17, 15) is 0 Å². The number of nitrogens with zero attached hydrogens (tertiary/aromatic N) is 4. The summed E-state index contributed by atoms with van der Waals surface area (Å²) in [6.45, 7) is 12.2. The molecular weight excluding hydrogens is 394 g/mol. The zero-order chi connectivity index (χ0) is 20.6. The molecular formula is C24H36ClN5. The number of fused-ring (bicyclic) bond motifs is 1. The Balaban J connectivity index is 1.10. The fraction of sp³-hybridized carbons (Fsp3) is 0.625. The number of aromatic nitrogens is 1. The fourth-order valence-electron chi connectivity index (χ4n) is 4.74. The normalized spacial score (nSPS) is 19.4. The van der Waals surface area contributed by atoms with Gasteiger partial charge >= 0.3 is 0 Å². The first-order valence-corrected chi connectivity index (χ1v) is 12.1. The topological polar surface area (TPSA) is 34.6 Å². The van der Waals surface area contributed by atoms with Crippen LogP contribution in [0.15, 0.2) is 30.5 Å². The van der Waals surface area contributed by atoms with Crippen molar-refractivity contribution in [1.29, 1.82) is 0 Å². The molecule has 6 heteroatoms. The lowest BCUT2D eigenvalue weighted by Crippen LogP contribution is -2.47. The summed E-state index contributed by atoms with van der Waals surface area (Å²) < 4.78 is 0. The highest BCUT2D eigenvalue weighted by Gasteiger charge is 2.17. The number of piperazine rings is 1. The molecule has 2 fully saturated rings. The molecule has 1 aromatic carbocycles. The van der Waals surface area contributed by atoms with Crippen LogP contribution in [0, 0.1) is 0 Å². The van der Waals surface area contributed by atoms with E-state index in [1.54, 1.807) is 0 Å². The van der Waals surface area contributed by atoms with Gasteiger partial charge in [-0.05, 0) is 82.7 Å². The smallest absolute Gasteiger partial charge is 0.0737 e. The number of hydrogen-bond donors (Lipinski definition) is 1. The minimum Gasteiger partial charge on any atom is -0.384 e. The molecule has 2 aliphatic rings. The van der Waals surface area contributed by atoms with Crippen molar-refractivity contribution in [2.24, 2.45) is 0 Å². The Morgan fingerprint density at radius 3 is 2.20 bits per heavy atom. The lowest BCUT2D eigenvalue weighted by molar-refractivity contribution is 0.124. The van der Waals surface area contributed by atoms with E-state index in [1.807, 2.05) is 18.3 Å². The maximum atomic E-state index is 6.09. The third-order valence-corrected chi connectivity index (χ3v) is 6.77. The molecule has 4 rings (SSSR count). The van der Waals surface area contributed by atoms with Gasteiger partial charge in [-0.1, -0.05) is 18.0 Å². The third-order valence-electron chi connectivity index (χ3n) is 6.53. The zero-order valence-corrected chi connectivity index (χ0v) is 18.9. The maximum Gasteiger partial charge on any atom is 0.0737 e. The number of likely N-dealkylation sites (tertiary alicyclic amines) is 1. The molecule has 0 atom stereocenters. The van der Waals surface area contributed by atoms with Crippen molar-refractivity contribution in [1.82, 2.24) is 19.7 Å². The second-order valence-electron chi connectivity index (χ2n) is 8.74. The Hall–Kier alpha value is -1.40. The van der Waals surface area contributed by atoms with Crippen LogP contribution < -0.4 is 5.32 Å². The molecule has 0 aliphatic carbocycles. The SMILES string of the molecule is Clc1ccc2c(NCCCN3CCN(CCCN4CCCCC4)CC3)ccnc2c1. The third kappa shape index (κ3) is 6.30. The number of piperidine rings is 1. The molecule has 3 heterocycles. The summed E-state index contributed by atoms with van der Waals surface area (Å²) in [5, 5.41) is 5.46. The van der Waals surface area contributed by atoms with Crippen molar-refractivity contribution < 1.29 is 0 Å². The largest absolute Gasteiger partial charge is 0.384 e. The minimum atomic E-state index is 0.734. The van der Waals surface area contributed by atoms with Gasteiger partial charge in [-0.25, -0.2) is 0 Å². The van der Waals surface area contributed by atoms with Crippen LogP contribution in [0.4, 0.5) is 5.69 Å². The first-order valence-electron chi connectivity index (χ1n) is 11.7. The van der Waals surface area contributed by atoms with Crippen LogP contribution in [0.3, 0.4) is 0 Å². The van der Waals surface area contributed by atoms with Gasteiger partial charge in [-0.2, -0.15) is 0 Å². The molecule has 1 N–H and O–H groups in total. The highest BCUT2D eigenvalue weighted by atomic mass is 35.5. The van der Waals surface area contributed by atoms with Crippen LogP contribution in [0.1, 0.15) is 32.1 Å². The summed E-state index contributed by atoms with van der Waals surface area (Å²) >= 11 is 6.09. The number of pyridine rings is 1. The summed E-state index contributed by atoms with van der Waals surface area (Å²) in [6, 6.07) is 7.97. The van der Waals surface area contributed by atoms with Crippen LogP contribution in [0.25, 0.3) is 10.9 Å². The van der Waals surface area contributed by atoms with E-state index < -0.39 is 0 Å². The van der Waals surface area contributed by atoms with Crippen LogP contribution in [0.2, 0.25) is 5.02 Å². The van der Waals surface area contributed by atoms with Gasteiger partial charge in [0.1, 0.15) is 0 Å². The van der Waals surface area contributed by atoms with E-state index in [0.29, 0.717) is 0 Å². The van der Waals surface area contributed by atoms with Crippen molar-refractivity contribution in [3.8, 4) is 0 Å². The predicted molar refractivity (Wildman–Crippen MR) is 128 cm³/mol. The molecule has 5 nitrogen and oxygen atoms in total. The van der Waals surface area contributed by atoms with Crippen molar-refractivity contribution in [2.45, 2.75) is 32.1 Å². The first kappa shape index (κ1) is 21.8. The highest BCUT2D eigenvalue weighted by molar-refractivity contribution is 6.31. The average Bonchev–Trinajstić information content (AvgIpc) is 2.78. The van der Waals surface area contributed by atoms with Gasteiger partial charge in [0, 0.05) is 55.0 Å². The second-order valence-corrected chi connectivity index (χ2v) is 9.18. The van der Waals surface area contributed by atoms with Crippen molar-refractivity contribution in [3.63, 3.8) is 0 Å². The summed E-state index contributed by atoms with van der Waals surface area (Å²) in [5.74, 6) is 0. The van der Waals surface area contributed by atoms with E-state index in [4.69, 9.17) is 11.6 Å². The molecule has 0 bridgehead atoms. The zero-order valence-electron chi connectivity index (χ0n) is 18.2. The molecule has 0 radical (unpaired) electrons. The van der Waals surface area contributed by atoms with E-state index in [2.05, 4.69) is 37.1 Å². The summed E-state index contributed by atoms with van der Waals surface area (Å²) in [6.07, 6.45) is 8.58. The average molecular weight is 430 g/mol. The molecule has 0 unspecified atom stereocenters. The van der Waals surface area contributed by atoms with E-state index in [0.717, 1.165) is 34.6 Å². The lowest BCUT2D eigenvalue weighted by Gasteiger charge is -2.35. The molecule has 0 saturated carbocycles. The number of hydrogen-bond acceptors (Lipinski definition) is 5. The van der Waals surface area contributed by atoms with Crippen molar-refractivity contribution in [3.05, 3.63) is 35.5 Å². The Morgan fingerprint density at radius 2 is 1.47 bits per heavy atom. The monoisotopic (exact) mass is 429 g/mol. The summed E-state index contributed by atoms with van der Waals surface area (Å²) in [7, 11) is 0. The molecule has 30 heavy (non-hydrogen) atoms. The standard InChI is InChI=1S/C24H36ClN5/c25-21-6-7-22-23(8-10-27-24(22)20-21)26-9-4-13-29-16-18-30(19-17-29)15-5-14-28-11-2-1-3-12-28/h6-8,10,20H,1-5,9,11-19H2,(H,26,27). The lowest BCUT2D eigenvalue weighted by atomic mass is 10.1. The molecule has 0 amide bonds. The first-order chi connectivity index (χ1) is 14.8. The van der Waals surface area contributed by atoms with E-state index in [1.165, 1.54) is 84.6 Å². The van der Waals surface area contributed by atoms with Crippen molar-refractivity contribution >= 4 is 28.2 Å². The van der Waals surface area contributed by atoms with E-state index >= 15 is 0 Å². The van der Waals surface area contributed by atoms with Gasteiger partial charge < -0.3 is 20.0 Å². The van der Waals surface area contributed by atoms with Gasteiger partial charge in [-0.15, -0.1) is 0 Å². The van der Waals surface area contributed by atoms with Gasteiger partial charge in [-0.3, -0.25) is 4.98 Å². The summed E-state index contributed by atoms with van der Waals surface area (Å²) in [5.41, 5.74) is 2.10. The minimum absolute atomic E-state index is 0.734. The Morgan fingerprint density at radius 1 is 0.800 bits per heavy atom. The van der Waals surface area contributed by atoms with Crippen LogP contribution in [0.5, 0.6) is 0 Å². The Labute approximate surface area is 186 Å². The maximum absolute atomic E-state index is 6.09. The van der Waals surface area contributed by atoms with Gasteiger partial charge in [0.15, 0.2) is 0 Å². The van der Waals surface area contributed by atoms with Gasteiger partial charge in [0.2, 0.25) is 0 Å². The molecule has 1 aromatic heterocycles. The predicted octanol–water partition coefficient (Wildman–Crippen LogP) is 4.18. The molecule has 2 aliphatic heterocycles. The Kier molecular flexibility index (Phi) is 8.21. The number of halogens is 1. The highest BCUT2D eigenvalue weighted by Crippen LogP contribution is 2.24. The summed E-state index contributed by atoms with van der Waals surface area (Å²) in [4.78, 5) is 12.4. The molecule has 164 valence electrons. The molecule has 2 saturated heterocycles. The van der Waals surface area contributed by atoms with Crippen LogP contribution in [-0.4, -0.2) is 85.1 Å². The molecule has 0 spiro atoms. The van der Waals surface area contributed by atoms with Crippen LogP contribution >= 0.6 is 11.6 Å². The number of rotatable bonds is 9. The number of anilines is 1.